The summed E-state index contributed by atoms with van der Waals surface area (Å²) in [5.41, 5.74) is 3.28. The number of hydrogen-bond acceptors (Lipinski definition) is 3. The molecule has 0 aliphatic heterocycles. The Bertz CT molecular complexity index is 804. The van der Waals surface area contributed by atoms with Gasteiger partial charge in [0.15, 0.2) is 6.10 Å². The predicted molar refractivity (Wildman–Crippen MR) is 110 cm³/mol. The topological polar surface area (TPSA) is 47.6 Å². The molecule has 1 N–H and O–H groups in total. The van der Waals surface area contributed by atoms with Gasteiger partial charge in [0, 0.05) is 5.02 Å². The van der Waals surface area contributed by atoms with Crippen LogP contribution in [0.15, 0.2) is 36.4 Å². The number of aryl methyl sites for hydroxylation is 1. The summed E-state index contributed by atoms with van der Waals surface area (Å²) in [7, 11) is 1.68. The number of amides is 1. The van der Waals surface area contributed by atoms with Crippen molar-refractivity contribution >= 4 is 17.5 Å². The maximum atomic E-state index is 12.6. The van der Waals surface area contributed by atoms with Crippen LogP contribution in [0.2, 0.25) is 5.02 Å². The number of halogens is 1. The molecule has 0 bridgehead atoms. The van der Waals surface area contributed by atoms with Gasteiger partial charge in [0.2, 0.25) is 0 Å². The van der Waals surface area contributed by atoms with Gasteiger partial charge in [0.25, 0.3) is 5.91 Å². The van der Waals surface area contributed by atoms with Gasteiger partial charge >= 0.3 is 0 Å². The standard InChI is InChI=1S/C22H28ClNO3/c1-13(2)19-12-20(14(3)10-21(19)26-6)15(4)24-22(25)16(5)27-18-9-7-8-17(23)11-18/h7-13,15-16H,1-6H3,(H,24,25)/t15-,16+/m1/s1. The first kappa shape index (κ1) is 21.1. The van der Waals surface area contributed by atoms with Crippen molar-refractivity contribution in [2.75, 3.05) is 7.11 Å². The van der Waals surface area contributed by atoms with Crippen molar-refractivity contribution in [1.82, 2.24) is 5.32 Å². The van der Waals surface area contributed by atoms with Crippen molar-refractivity contribution in [3.05, 3.63) is 58.1 Å². The van der Waals surface area contributed by atoms with E-state index in [2.05, 4.69) is 25.2 Å². The van der Waals surface area contributed by atoms with Gasteiger partial charge in [-0.3, -0.25) is 4.79 Å². The van der Waals surface area contributed by atoms with Crippen molar-refractivity contribution in [3.8, 4) is 11.5 Å². The lowest BCUT2D eigenvalue weighted by atomic mass is 9.93. The Labute approximate surface area is 166 Å². The molecule has 2 aromatic rings. The molecule has 0 heterocycles. The first-order valence-electron chi connectivity index (χ1n) is 9.14. The largest absolute Gasteiger partial charge is 0.496 e. The number of hydrogen-bond donors (Lipinski definition) is 1. The van der Waals surface area contributed by atoms with Crippen molar-refractivity contribution in [3.63, 3.8) is 0 Å². The number of rotatable bonds is 7. The number of nitrogens with one attached hydrogen (secondary N) is 1. The number of benzene rings is 2. The first-order valence-corrected chi connectivity index (χ1v) is 9.51. The maximum Gasteiger partial charge on any atom is 0.261 e. The van der Waals surface area contributed by atoms with Crippen LogP contribution < -0.4 is 14.8 Å². The zero-order valence-corrected chi connectivity index (χ0v) is 17.6. The Morgan fingerprint density at radius 1 is 1.07 bits per heavy atom. The molecule has 0 aromatic heterocycles. The van der Waals surface area contributed by atoms with Crippen LogP contribution in [0.5, 0.6) is 11.5 Å². The third-order valence-electron chi connectivity index (χ3n) is 4.54. The monoisotopic (exact) mass is 389 g/mol. The number of carbonyl (C=O) groups is 1. The smallest absolute Gasteiger partial charge is 0.261 e. The van der Waals surface area contributed by atoms with Gasteiger partial charge in [-0.25, -0.2) is 0 Å². The Morgan fingerprint density at radius 2 is 1.78 bits per heavy atom. The minimum absolute atomic E-state index is 0.147. The highest BCUT2D eigenvalue weighted by molar-refractivity contribution is 6.30. The van der Waals surface area contributed by atoms with Crippen molar-refractivity contribution < 1.29 is 14.3 Å². The maximum absolute atomic E-state index is 12.6. The molecule has 0 radical (unpaired) electrons. The highest BCUT2D eigenvalue weighted by Crippen LogP contribution is 2.32. The third-order valence-corrected chi connectivity index (χ3v) is 4.78. The summed E-state index contributed by atoms with van der Waals surface area (Å²) in [6, 6.07) is 11.0. The van der Waals surface area contributed by atoms with Crippen molar-refractivity contribution in [2.24, 2.45) is 0 Å². The molecule has 2 aromatic carbocycles. The Balaban J connectivity index is 2.12. The van der Waals surface area contributed by atoms with E-state index < -0.39 is 6.10 Å². The summed E-state index contributed by atoms with van der Waals surface area (Å²) < 4.78 is 11.2. The third kappa shape index (κ3) is 5.39. The first-order chi connectivity index (χ1) is 12.7. The molecule has 0 spiro atoms. The molecule has 0 aliphatic carbocycles. The van der Waals surface area contributed by atoms with E-state index in [1.54, 1.807) is 38.3 Å². The molecule has 27 heavy (non-hydrogen) atoms. The van der Waals surface area contributed by atoms with E-state index in [4.69, 9.17) is 21.1 Å². The molecular formula is C22H28ClNO3. The van der Waals surface area contributed by atoms with E-state index in [1.807, 2.05) is 19.9 Å². The summed E-state index contributed by atoms with van der Waals surface area (Å²) in [5, 5.41) is 3.61. The van der Waals surface area contributed by atoms with E-state index in [0.29, 0.717) is 16.7 Å². The second-order valence-corrected chi connectivity index (χ2v) is 7.49. The van der Waals surface area contributed by atoms with Crippen LogP contribution in [0.4, 0.5) is 0 Å². The van der Waals surface area contributed by atoms with Gasteiger partial charge in [-0.15, -0.1) is 0 Å². The van der Waals surface area contributed by atoms with E-state index in [-0.39, 0.29) is 11.9 Å². The van der Waals surface area contributed by atoms with Crippen LogP contribution >= 0.6 is 11.6 Å². The van der Waals surface area contributed by atoms with Crippen molar-refractivity contribution in [1.29, 1.82) is 0 Å². The van der Waals surface area contributed by atoms with E-state index in [9.17, 15) is 4.79 Å². The zero-order valence-electron chi connectivity index (χ0n) is 16.8. The molecule has 2 rings (SSSR count). The summed E-state index contributed by atoms with van der Waals surface area (Å²) in [4.78, 5) is 12.6. The molecular weight excluding hydrogens is 362 g/mol. The summed E-state index contributed by atoms with van der Waals surface area (Å²) in [6.45, 7) is 9.98. The average molecular weight is 390 g/mol. The zero-order chi connectivity index (χ0) is 20.1. The lowest BCUT2D eigenvalue weighted by Crippen LogP contribution is -2.38. The minimum Gasteiger partial charge on any atom is -0.496 e. The molecule has 4 nitrogen and oxygen atoms in total. The molecule has 0 saturated heterocycles. The molecule has 146 valence electrons. The molecule has 0 aliphatic rings. The highest BCUT2D eigenvalue weighted by atomic mass is 35.5. The van der Waals surface area contributed by atoms with Crippen LogP contribution in [-0.2, 0) is 4.79 Å². The number of carbonyl (C=O) groups excluding carboxylic acids is 1. The van der Waals surface area contributed by atoms with Crippen LogP contribution in [0.3, 0.4) is 0 Å². The van der Waals surface area contributed by atoms with E-state index in [1.165, 1.54) is 0 Å². The second-order valence-electron chi connectivity index (χ2n) is 7.05. The SMILES string of the molecule is COc1cc(C)c([C@@H](C)NC(=O)[C@H](C)Oc2cccc(Cl)c2)cc1C(C)C. The quantitative estimate of drug-likeness (QED) is 0.687. The fourth-order valence-electron chi connectivity index (χ4n) is 3.02. The molecule has 1 amide bonds. The Kier molecular flexibility index (Phi) is 7.14. The van der Waals surface area contributed by atoms with Crippen LogP contribution in [0.1, 0.15) is 56.3 Å². The van der Waals surface area contributed by atoms with Gasteiger partial charge in [0.1, 0.15) is 11.5 Å². The molecule has 2 atom stereocenters. The normalized spacial score (nSPS) is 13.2. The second kappa shape index (κ2) is 9.14. The van der Waals surface area contributed by atoms with Crippen LogP contribution in [-0.4, -0.2) is 19.1 Å². The Morgan fingerprint density at radius 3 is 2.37 bits per heavy atom. The average Bonchev–Trinajstić information content (AvgIpc) is 2.60. The molecule has 0 unspecified atom stereocenters. The number of ether oxygens (including phenoxy) is 2. The molecule has 0 fully saturated rings. The molecule has 5 heteroatoms. The van der Waals surface area contributed by atoms with Gasteiger partial charge in [-0.1, -0.05) is 31.5 Å². The lowest BCUT2D eigenvalue weighted by molar-refractivity contribution is -0.127. The van der Waals surface area contributed by atoms with E-state index in [0.717, 1.165) is 22.4 Å². The minimum atomic E-state index is -0.631. The van der Waals surface area contributed by atoms with Gasteiger partial charge in [-0.05, 0) is 73.7 Å². The van der Waals surface area contributed by atoms with Crippen LogP contribution in [0, 0.1) is 6.92 Å². The summed E-state index contributed by atoms with van der Waals surface area (Å²) in [5.74, 6) is 1.60. The Hall–Kier alpha value is -2.20. The lowest BCUT2D eigenvalue weighted by Gasteiger charge is -2.22. The predicted octanol–water partition coefficient (Wildman–Crippen LogP) is 5.43. The van der Waals surface area contributed by atoms with Gasteiger partial charge in [-0.2, -0.15) is 0 Å². The van der Waals surface area contributed by atoms with Gasteiger partial charge < -0.3 is 14.8 Å². The highest BCUT2D eigenvalue weighted by Gasteiger charge is 2.20. The summed E-state index contributed by atoms with van der Waals surface area (Å²) in [6.07, 6.45) is -0.631. The number of methoxy groups -OCH3 is 1. The fourth-order valence-corrected chi connectivity index (χ4v) is 3.20. The van der Waals surface area contributed by atoms with E-state index >= 15 is 0 Å². The summed E-state index contributed by atoms with van der Waals surface area (Å²) >= 11 is 5.96. The van der Waals surface area contributed by atoms with Crippen LogP contribution in [0.25, 0.3) is 0 Å². The fraction of sp³-hybridized carbons (Fsp3) is 0.409. The van der Waals surface area contributed by atoms with Crippen molar-refractivity contribution in [2.45, 2.75) is 52.7 Å². The van der Waals surface area contributed by atoms with Gasteiger partial charge in [0.05, 0.1) is 13.2 Å². The molecule has 0 saturated carbocycles.